The summed E-state index contributed by atoms with van der Waals surface area (Å²) in [5, 5.41) is 5.31. The van der Waals surface area contributed by atoms with Gasteiger partial charge in [0.05, 0.1) is 5.69 Å². The van der Waals surface area contributed by atoms with Gasteiger partial charge >= 0.3 is 0 Å². The van der Waals surface area contributed by atoms with Gasteiger partial charge < -0.3 is 0 Å². The first-order chi connectivity index (χ1) is 11.2. The minimum absolute atomic E-state index is 0.193. The summed E-state index contributed by atoms with van der Waals surface area (Å²) in [5.74, 6) is -0.193. The number of rotatable bonds is 4. The van der Waals surface area contributed by atoms with Gasteiger partial charge in [-0.3, -0.25) is 10.1 Å². The standard InChI is InChI=1S/C18H13BrN2OS/c19-15-9-6-13(7-10-15)8-11-17(22)21-18-20-16(12-23-18)14-4-2-1-3-5-14/h1-12H,(H,20,21,22)/b11-8+. The molecule has 114 valence electrons. The van der Waals surface area contributed by atoms with Crippen LogP contribution in [0, 0.1) is 0 Å². The molecule has 1 N–H and O–H groups in total. The number of carbonyl (C=O) groups is 1. The zero-order valence-electron chi connectivity index (χ0n) is 12.1. The van der Waals surface area contributed by atoms with E-state index >= 15 is 0 Å². The highest BCUT2D eigenvalue weighted by atomic mass is 79.9. The minimum Gasteiger partial charge on any atom is -0.298 e. The van der Waals surface area contributed by atoms with Crippen LogP contribution in [0.4, 0.5) is 5.13 Å². The molecule has 0 atom stereocenters. The molecule has 23 heavy (non-hydrogen) atoms. The second-order valence-electron chi connectivity index (χ2n) is 4.78. The number of halogens is 1. The van der Waals surface area contributed by atoms with Crippen molar-refractivity contribution in [1.29, 1.82) is 0 Å². The quantitative estimate of drug-likeness (QED) is 0.626. The number of hydrogen-bond acceptors (Lipinski definition) is 3. The number of thiazole rings is 1. The van der Waals surface area contributed by atoms with Crippen molar-refractivity contribution in [3.63, 3.8) is 0 Å². The van der Waals surface area contributed by atoms with Gasteiger partial charge in [-0.25, -0.2) is 4.98 Å². The first-order valence-corrected chi connectivity index (χ1v) is 8.63. The summed E-state index contributed by atoms with van der Waals surface area (Å²) in [5.41, 5.74) is 2.87. The lowest BCUT2D eigenvalue weighted by Crippen LogP contribution is -2.07. The first kappa shape index (κ1) is 15.6. The largest absolute Gasteiger partial charge is 0.298 e. The number of carbonyl (C=O) groups excluding carboxylic acids is 1. The van der Waals surface area contributed by atoms with Crippen molar-refractivity contribution in [3.05, 3.63) is 76.1 Å². The summed E-state index contributed by atoms with van der Waals surface area (Å²) in [4.78, 5) is 16.4. The molecule has 3 aromatic rings. The molecule has 0 saturated carbocycles. The van der Waals surface area contributed by atoms with Crippen molar-refractivity contribution < 1.29 is 4.79 Å². The summed E-state index contributed by atoms with van der Waals surface area (Å²) >= 11 is 4.79. The number of nitrogens with zero attached hydrogens (tertiary/aromatic N) is 1. The summed E-state index contributed by atoms with van der Waals surface area (Å²) < 4.78 is 1.01. The van der Waals surface area contributed by atoms with Crippen molar-refractivity contribution in [2.24, 2.45) is 0 Å². The van der Waals surface area contributed by atoms with Crippen LogP contribution in [0.25, 0.3) is 17.3 Å². The number of nitrogens with one attached hydrogen (secondary N) is 1. The van der Waals surface area contributed by atoms with E-state index in [0.29, 0.717) is 5.13 Å². The van der Waals surface area contributed by atoms with Crippen LogP contribution in [0.2, 0.25) is 0 Å². The number of anilines is 1. The van der Waals surface area contributed by atoms with E-state index in [9.17, 15) is 4.79 Å². The fourth-order valence-corrected chi connectivity index (χ4v) is 2.95. The normalized spacial score (nSPS) is 10.8. The molecule has 1 heterocycles. The van der Waals surface area contributed by atoms with Crippen LogP contribution in [0.1, 0.15) is 5.56 Å². The topological polar surface area (TPSA) is 42.0 Å². The highest BCUT2D eigenvalue weighted by Gasteiger charge is 2.05. The molecule has 0 fully saturated rings. The highest BCUT2D eigenvalue weighted by Crippen LogP contribution is 2.24. The summed E-state index contributed by atoms with van der Waals surface area (Å²) in [6, 6.07) is 17.6. The predicted octanol–water partition coefficient (Wildman–Crippen LogP) is 5.22. The smallest absolute Gasteiger partial charge is 0.250 e. The summed E-state index contributed by atoms with van der Waals surface area (Å²) in [6.07, 6.45) is 3.28. The van der Waals surface area contributed by atoms with Crippen LogP contribution in [-0.4, -0.2) is 10.9 Å². The van der Waals surface area contributed by atoms with Gasteiger partial charge in [0.1, 0.15) is 0 Å². The fraction of sp³-hybridized carbons (Fsp3) is 0. The Morgan fingerprint density at radius 2 is 1.83 bits per heavy atom. The van der Waals surface area contributed by atoms with Crippen LogP contribution in [0.5, 0.6) is 0 Å². The minimum atomic E-state index is -0.193. The van der Waals surface area contributed by atoms with E-state index in [4.69, 9.17) is 0 Å². The van der Waals surface area contributed by atoms with Crippen molar-refractivity contribution in [3.8, 4) is 11.3 Å². The van der Waals surface area contributed by atoms with E-state index < -0.39 is 0 Å². The Kier molecular flexibility index (Phi) is 5.00. The predicted molar refractivity (Wildman–Crippen MR) is 99.4 cm³/mol. The molecule has 1 aromatic heterocycles. The van der Waals surface area contributed by atoms with Gasteiger partial charge in [0.25, 0.3) is 0 Å². The van der Waals surface area contributed by atoms with Crippen LogP contribution in [0.15, 0.2) is 70.5 Å². The van der Waals surface area contributed by atoms with Crippen molar-refractivity contribution in [2.75, 3.05) is 5.32 Å². The van der Waals surface area contributed by atoms with Gasteiger partial charge in [0.2, 0.25) is 5.91 Å². The molecule has 0 aliphatic carbocycles. The molecule has 5 heteroatoms. The van der Waals surface area contributed by atoms with Crippen LogP contribution >= 0.6 is 27.3 Å². The lowest BCUT2D eigenvalue weighted by atomic mass is 10.2. The molecule has 0 aliphatic heterocycles. The van der Waals surface area contributed by atoms with Gasteiger partial charge in [-0.1, -0.05) is 58.4 Å². The third-order valence-corrected chi connectivity index (χ3v) is 4.39. The lowest BCUT2D eigenvalue weighted by molar-refractivity contribution is -0.111. The maximum atomic E-state index is 12.0. The van der Waals surface area contributed by atoms with Crippen molar-refractivity contribution in [2.45, 2.75) is 0 Å². The maximum Gasteiger partial charge on any atom is 0.250 e. The van der Waals surface area contributed by atoms with Crippen LogP contribution < -0.4 is 5.32 Å². The number of aromatic nitrogens is 1. The van der Waals surface area contributed by atoms with Gasteiger partial charge in [-0.05, 0) is 23.8 Å². The summed E-state index contributed by atoms with van der Waals surface area (Å²) in [7, 11) is 0. The molecule has 3 rings (SSSR count). The number of amides is 1. The van der Waals surface area contributed by atoms with Crippen LogP contribution in [-0.2, 0) is 4.79 Å². The number of benzene rings is 2. The van der Waals surface area contributed by atoms with E-state index in [1.54, 1.807) is 6.08 Å². The van der Waals surface area contributed by atoms with Gasteiger partial charge in [-0.2, -0.15) is 0 Å². The Labute approximate surface area is 146 Å². The van der Waals surface area contributed by atoms with E-state index in [2.05, 4.69) is 26.2 Å². The Morgan fingerprint density at radius 1 is 1.09 bits per heavy atom. The van der Waals surface area contributed by atoms with Crippen LogP contribution in [0.3, 0.4) is 0 Å². The molecule has 1 amide bonds. The van der Waals surface area contributed by atoms with Crippen molar-refractivity contribution in [1.82, 2.24) is 4.98 Å². The van der Waals surface area contributed by atoms with Gasteiger partial charge in [-0.15, -0.1) is 11.3 Å². The molecular formula is C18H13BrN2OS. The zero-order chi connectivity index (χ0) is 16.1. The van der Waals surface area contributed by atoms with Gasteiger partial charge in [0, 0.05) is 21.5 Å². The Morgan fingerprint density at radius 3 is 2.57 bits per heavy atom. The molecule has 0 bridgehead atoms. The second-order valence-corrected chi connectivity index (χ2v) is 6.55. The monoisotopic (exact) mass is 384 g/mol. The van der Waals surface area contributed by atoms with E-state index in [1.165, 1.54) is 17.4 Å². The SMILES string of the molecule is O=C(/C=C/c1ccc(Br)cc1)Nc1nc(-c2ccccc2)cs1. The molecule has 0 spiro atoms. The Hall–Kier alpha value is -2.24. The number of hydrogen-bond donors (Lipinski definition) is 1. The third kappa shape index (κ3) is 4.37. The molecule has 0 saturated heterocycles. The average Bonchev–Trinajstić information content (AvgIpc) is 3.04. The molecule has 3 nitrogen and oxygen atoms in total. The van der Waals surface area contributed by atoms with Gasteiger partial charge in [0.15, 0.2) is 5.13 Å². The molecule has 0 aliphatic rings. The van der Waals surface area contributed by atoms with Crippen molar-refractivity contribution >= 4 is 44.4 Å². The first-order valence-electron chi connectivity index (χ1n) is 6.96. The molecule has 0 radical (unpaired) electrons. The van der Waals surface area contributed by atoms with E-state index in [1.807, 2.05) is 60.0 Å². The Bertz CT molecular complexity index is 826. The fourth-order valence-electron chi connectivity index (χ4n) is 1.97. The highest BCUT2D eigenvalue weighted by molar-refractivity contribution is 9.10. The lowest BCUT2D eigenvalue weighted by Gasteiger charge is -1.97. The average molecular weight is 385 g/mol. The van der Waals surface area contributed by atoms with E-state index in [0.717, 1.165) is 21.3 Å². The Balaban J connectivity index is 1.64. The summed E-state index contributed by atoms with van der Waals surface area (Å²) in [6.45, 7) is 0. The molecule has 0 unspecified atom stereocenters. The maximum absolute atomic E-state index is 12.0. The van der Waals surface area contributed by atoms with E-state index in [-0.39, 0.29) is 5.91 Å². The third-order valence-electron chi connectivity index (χ3n) is 3.10. The molecular weight excluding hydrogens is 372 g/mol. The zero-order valence-corrected chi connectivity index (χ0v) is 14.5. The second kappa shape index (κ2) is 7.35. The molecule has 2 aromatic carbocycles.